The number of carboxylic acid groups (broad SMARTS) is 1. The Morgan fingerprint density at radius 1 is 1.43 bits per heavy atom. The number of carbonyl (C=O) groups excluding carboxylic acids is 1. The van der Waals surface area contributed by atoms with Crippen LogP contribution in [0, 0.1) is 12.8 Å². The predicted molar refractivity (Wildman–Crippen MR) is 79.2 cm³/mol. The van der Waals surface area contributed by atoms with Crippen molar-refractivity contribution in [3.05, 3.63) is 16.4 Å². The Balaban J connectivity index is 2.59. The van der Waals surface area contributed by atoms with Gasteiger partial charge in [-0.05, 0) is 19.3 Å². The van der Waals surface area contributed by atoms with Gasteiger partial charge >= 0.3 is 12.0 Å². The normalized spacial score (nSPS) is 12.3. The van der Waals surface area contributed by atoms with Crippen molar-refractivity contribution in [3.8, 4) is 0 Å². The molecule has 8 heteroatoms. The standard InChI is InChI=1S/C13H21ClN4O3/c1-7(2)5-9(12(19)20)16-13(21)15-6-10-11(14)8(3)17-18(10)4/h7,9H,5-6H2,1-4H3,(H,19,20)(H2,15,16,21). The third-order valence-corrected chi connectivity index (χ3v) is 3.48. The molecule has 1 unspecified atom stereocenters. The fraction of sp³-hybridized carbons (Fsp3) is 0.615. The minimum atomic E-state index is -1.05. The fourth-order valence-corrected chi connectivity index (χ4v) is 2.17. The highest BCUT2D eigenvalue weighted by Crippen LogP contribution is 2.18. The Morgan fingerprint density at radius 2 is 2.05 bits per heavy atom. The van der Waals surface area contributed by atoms with Crippen molar-refractivity contribution in [1.29, 1.82) is 0 Å². The molecule has 0 aliphatic heterocycles. The van der Waals surface area contributed by atoms with Crippen LogP contribution in [0.25, 0.3) is 0 Å². The van der Waals surface area contributed by atoms with E-state index in [2.05, 4.69) is 15.7 Å². The van der Waals surface area contributed by atoms with E-state index in [1.165, 1.54) is 0 Å². The van der Waals surface area contributed by atoms with Gasteiger partial charge in [0, 0.05) is 7.05 Å². The molecule has 1 atom stereocenters. The molecule has 0 saturated carbocycles. The molecule has 0 fully saturated rings. The van der Waals surface area contributed by atoms with Crippen molar-refractivity contribution < 1.29 is 14.7 Å². The molecule has 1 rings (SSSR count). The summed E-state index contributed by atoms with van der Waals surface area (Å²) in [6, 6.07) is -1.45. The smallest absolute Gasteiger partial charge is 0.326 e. The van der Waals surface area contributed by atoms with Crippen LogP contribution in [0.1, 0.15) is 31.7 Å². The molecule has 0 aromatic carbocycles. The molecule has 0 saturated heterocycles. The topological polar surface area (TPSA) is 96.3 Å². The van der Waals surface area contributed by atoms with Crippen LogP contribution >= 0.6 is 11.6 Å². The lowest BCUT2D eigenvalue weighted by Gasteiger charge is -2.17. The number of aliphatic carboxylic acids is 1. The Hall–Kier alpha value is -1.76. The summed E-state index contributed by atoms with van der Waals surface area (Å²) in [4.78, 5) is 22.9. The van der Waals surface area contributed by atoms with Crippen molar-refractivity contribution in [2.45, 2.75) is 39.8 Å². The molecule has 21 heavy (non-hydrogen) atoms. The summed E-state index contributed by atoms with van der Waals surface area (Å²) in [6.45, 7) is 5.74. The zero-order valence-electron chi connectivity index (χ0n) is 12.6. The van der Waals surface area contributed by atoms with Gasteiger partial charge in [0.2, 0.25) is 0 Å². The number of amides is 2. The predicted octanol–water partition coefficient (Wildman–Crippen LogP) is 1.68. The highest BCUT2D eigenvalue weighted by molar-refractivity contribution is 6.31. The molecule has 1 heterocycles. The van der Waals surface area contributed by atoms with Gasteiger partial charge in [0.1, 0.15) is 6.04 Å². The number of carboxylic acids is 1. The van der Waals surface area contributed by atoms with Gasteiger partial charge < -0.3 is 15.7 Å². The molecular formula is C13H21ClN4O3. The summed E-state index contributed by atoms with van der Waals surface area (Å²) in [7, 11) is 1.73. The molecule has 7 nitrogen and oxygen atoms in total. The number of urea groups is 1. The first-order valence-corrected chi connectivity index (χ1v) is 7.05. The van der Waals surface area contributed by atoms with E-state index >= 15 is 0 Å². The van der Waals surface area contributed by atoms with Crippen LogP contribution in [-0.4, -0.2) is 32.9 Å². The number of carbonyl (C=O) groups is 2. The number of rotatable bonds is 6. The maximum Gasteiger partial charge on any atom is 0.326 e. The van der Waals surface area contributed by atoms with E-state index in [-0.39, 0.29) is 12.5 Å². The van der Waals surface area contributed by atoms with Gasteiger partial charge in [0.15, 0.2) is 0 Å². The Bertz CT molecular complexity index is 528. The molecule has 0 aliphatic carbocycles. The van der Waals surface area contributed by atoms with Crippen molar-refractivity contribution in [1.82, 2.24) is 20.4 Å². The van der Waals surface area contributed by atoms with Crippen molar-refractivity contribution >= 4 is 23.6 Å². The van der Waals surface area contributed by atoms with Gasteiger partial charge in [-0.1, -0.05) is 25.4 Å². The minimum Gasteiger partial charge on any atom is -0.480 e. The highest BCUT2D eigenvalue weighted by Gasteiger charge is 2.21. The van der Waals surface area contributed by atoms with E-state index in [0.29, 0.717) is 22.8 Å². The van der Waals surface area contributed by atoms with Crippen LogP contribution in [0.2, 0.25) is 5.02 Å². The fourth-order valence-electron chi connectivity index (χ4n) is 1.94. The maximum atomic E-state index is 11.8. The molecule has 0 spiro atoms. The molecule has 1 aromatic heterocycles. The van der Waals surface area contributed by atoms with E-state index in [1.54, 1.807) is 18.7 Å². The van der Waals surface area contributed by atoms with Gasteiger partial charge in [-0.15, -0.1) is 0 Å². The Kier molecular flexibility index (Phi) is 6.02. The van der Waals surface area contributed by atoms with Gasteiger partial charge in [-0.25, -0.2) is 9.59 Å². The number of aromatic nitrogens is 2. The molecule has 0 aliphatic rings. The molecule has 0 bridgehead atoms. The quantitative estimate of drug-likeness (QED) is 0.744. The number of aryl methyl sites for hydroxylation is 2. The van der Waals surface area contributed by atoms with Crippen LogP contribution < -0.4 is 10.6 Å². The van der Waals surface area contributed by atoms with Crippen molar-refractivity contribution in [2.24, 2.45) is 13.0 Å². The Morgan fingerprint density at radius 3 is 2.48 bits per heavy atom. The van der Waals surface area contributed by atoms with Gasteiger partial charge in [0.05, 0.1) is 23.0 Å². The molecular weight excluding hydrogens is 296 g/mol. The summed E-state index contributed by atoms with van der Waals surface area (Å²) < 4.78 is 1.58. The first-order chi connectivity index (χ1) is 9.72. The lowest BCUT2D eigenvalue weighted by Crippen LogP contribution is -2.46. The number of halogens is 1. The van der Waals surface area contributed by atoms with E-state index in [0.717, 1.165) is 0 Å². The third kappa shape index (κ3) is 4.93. The van der Waals surface area contributed by atoms with Crippen LogP contribution in [0.15, 0.2) is 0 Å². The maximum absolute atomic E-state index is 11.8. The van der Waals surface area contributed by atoms with Crippen molar-refractivity contribution in [2.75, 3.05) is 0 Å². The summed E-state index contributed by atoms with van der Waals surface area (Å²) in [6.07, 6.45) is 0.369. The first-order valence-electron chi connectivity index (χ1n) is 6.67. The summed E-state index contributed by atoms with van der Waals surface area (Å²) in [5, 5.41) is 18.7. The monoisotopic (exact) mass is 316 g/mol. The number of hydrogen-bond donors (Lipinski definition) is 3. The van der Waals surface area contributed by atoms with Crippen LogP contribution in [0.5, 0.6) is 0 Å². The minimum absolute atomic E-state index is 0.167. The summed E-state index contributed by atoms with van der Waals surface area (Å²) in [5.74, 6) is -0.881. The molecule has 118 valence electrons. The second-order valence-electron chi connectivity index (χ2n) is 5.32. The van der Waals surface area contributed by atoms with Gasteiger partial charge in [-0.2, -0.15) is 5.10 Å². The second kappa shape index (κ2) is 7.31. The average Bonchev–Trinajstić information content (AvgIpc) is 2.60. The molecule has 3 N–H and O–H groups in total. The second-order valence-corrected chi connectivity index (χ2v) is 5.70. The lowest BCUT2D eigenvalue weighted by molar-refractivity contribution is -0.139. The third-order valence-electron chi connectivity index (χ3n) is 2.99. The molecule has 1 aromatic rings. The van der Waals surface area contributed by atoms with Gasteiger partial charge in [-0.3, -0.25) is 4.68 Å². The summed E-state index contributed by atoms with van der Waals surface area (Å²) >= 11 is 6.07. The SMILES string of the molecule is Cc1nn(C)c(CNC(=O)NC(CC(C)C)C(=O)O)c1Cl. The van der Waals surface area contributed by atoms with E-state index in [9.17, 15) is 9.59 Å². The zero-order valence-corrected chi connectivity index (χ0v) is 13.4. The van der Waals surface area contributed by atoms with E-state index < -0.39 is 18.0 Å². The summed E-state index contributed by atoms with van der Waals surface area (Å²) in [5.41, 5.74) is 1.35. The van der Waals surface area contributed by atoms with E-state index in [4.69, 9.17) is 16.7 Å². The molecule has 0 radical (unpaired) electrons. The van der Waals surface area contributed by atoms with Crippen LogP contribution in [0.3, 0.4) is 0 Å². The number of nitrogens with one attached hydrogen (secondary N) is 2. The van der Waals surface area contributed by atoms with E-state index in [1.807, 2.05) is 13.8 Å². The van der Waals surface area contributed by atoms with Gasteiger partial charge in [0.25, 0.3) is 0 Å². The number of nitrogens with zero attached hydrogens (tertiary/aromatic N) is 2. The Labute approximate surface area is 128 Å². The van der Waals surface area contributed by atoms with Crippen molar-refractivity contribution in [3.63, 3.8) is 0 Å². The first kappa shape index (κ1) is 17.3. The lowest BCUT2D eigenvalue weighted by atomic mass is 10.0. The highest BCUT2D eigenvalue weighted by atomic mass is 35.5. The zero-order chi connectivity index (χ0) is 16.2. The van der Waals surface area contributed by atoms with Crippen LogP contribution in [0.4, 0.5) is 4.79 Å². The van der Waals surface area contributed by atoms with Crippen LogP contribution in [-0.2, 0) is 18.4 Å². The number of hydrogen-bond acceptors (Lipinski definition) is 3. The largest absolute Gasteiger partial charge is 0.480 e. The molecule has 2 amide bonds. The average molecular weight is 317 g/mol.